The third kappa shape index (κ3) is 2.87. The molecule has 8 nitrogen and oxygen atoms in total. The molecule has 0 aliphatic carbocycles. The van der Waals surface area contributed by atoms with Crippen molar-refractivity contribution in [1.82, 2.24) is 4.31 Å². The minimum absolute atomic E-state index is 0.0679. The fourth-order valence-electron chi connectivity index (χ4n) is 2.20. The van der Waals surface area contributed by atoms with Crippen LogP contribution in [0.2, 0.25) is 0 Å². The van der Waals surface area contributed by atoms with Gasteiger partial charge in [-0.1, -0.05) is 12.1 Å². The van der Waals surface area contributed by atoms with Crippen molar-refractivity contribution in [3.05, 3.63) is 34.4 Å². The van der Waals surface area contributed by atoms with Crippen LogP contribution in [0.15, 0.2) is 29.2 Å². The predicted octanol–water partition coefficient (Wildman–Crippen LogP) is 0.600. The van der Waals surface area contributed by atoms with Gasteiger partial charge in [-0.05, 0) is 18.9 Å². The smallest absolute Gasteiger partial charge is 0.289 e. The molecular weight excluding hydrogens is 296 g/mol. The number of nitrogens with two attached hydrogens (primary N) is 1. The molecule has 1 aliphatic rings. The van der Waals surface area contributed by atoms with Crippen LogP contribution < -0.4 is 5.73 Å². The molecule has 0 aromatic heterocycles. The van der Waals surface area contributed by atoms with Gasteiger partial charge in [0.15, 0.2) is 4.90 Å². The minimum atomic E-state index is -3.97. The maximum atomic E-state index is 12.5. The Morgan fingerprint density at radius 3 is 2.43 bits per heavy atom. The molecule has 1 aromatic rings. The Balaban J connectivity index is 2.33. The summed E-state index contributed by atoms with van der Waals surface area (Å²) in [4.78, 5) is 9.90. The summed E-state index contributed by atoms with van der Waals surface area (Å²) in [5.74, 6) is 0. The fourth-order valence-corrected chi connectivity index (χ4v) is 3.80. The lowest BCUT2D eigenvalue weighted by atomic mass is 9.91. The number of nitrogens with zero attached hydrogens (tertiary/aromatic N) is 3. The molecule has 0 bridgehead atoms. The number of hydrogen-bond acceptors (Lipinski definition) is 6. The summed E-state index contributed by atoms with van der Waals surface area (Å²) in [5.41, 5.74) is 4.30. The van der Waals surface area contributed by atoms with Crippen LogP contribution in [-0.4, -0.2) is 36.3 Å². The van der Waals surface area contributed by atoms with E-state index in [4.69, 9.17) is 11.0 Å². The fraction of sp³-hybridized carbons (Fsp3) is 0.417. The van der Waals surface area contributed by atoms with Crippen molar-refractivity contribution < 1.29 is 13.3 Å². The van der Waals surface area contributed by atoms with Gasteiger partial charge in [0.1, 0.15) is 5.54 Å². The van der Waals surface area contributed by atoms with E-state index in [9.17, 15) is 18.5 Å². The molecule has 2 N–H and O–H groups in total. The van der Waals surface area contributed by atoms with E-state index in [1.54, 1.807) is 0 Å². The van der Waals surface area contributed by atoms with E-state index in [1.807, 2.05) is 6.07 Å². The van der Waals surface area contributed by atoms with Crippen LogP contribution in [-0.2, 0) is 10.0 Å². The van der Waals surface area contributed by atoms with Gasteiger partial charge >= 0.3 is 0 Å². The zero-order valence-electron chi connectivity index (χ0n) is 11.1. The van der Waals surface area contributed by atoms with Crippen LogP contribution in [0.4, 0.5) is 5.69 Å². The zero-order chi connectivity index (χ0) is 15.7. The Morgan fingerprint density at radius 2 is 1.90 bits per heavy atom. The molecule has 1 aromatic carbocycles. The topological polar surface area (TPSA) is 130 Å². The molecular formula is C12H14N4O4S. The van der Waals surface area contributed by atoms with E-state index in [1.165, 1.54) is 18.2 Å². The summed E-state index contributed by atoms with van der Waals surface area (Å²) in [6.45, 7) is 0.136. The Hall–Kier alpha value is -2.02. The average Bonchev–Trinajstić information content (AvgIpc) is 2.47. The molecule has 1 fully saturated rings. The predicted molar refractivity (Wildman–Crippen MR) is 73.6 cm³/mol. The monoisotopic (exact) mass is 310 g/mol. The molecule has 0 radical (unpaired) electrons. The minimum Gasteiger partial charge on any atom is -0.313 e. The van der Waals surface area contributed by atoms with Crippen LogP contribution in [0.5, 0.6) is 0 Å². The molecule has 112 valence electrons. The highest BCUT2D eigenvalue weighted by Gasteiger charge is 2.38. The number of para-hydroxylation sites is 1. The van der Waals surface area contributed by atoms with Gasteiger partial charge in [0, 0.05) is 19.2 Å². The van der Waals surface area contributed by atoms with Crippen molar-refractivity contribution in [3.8, 4) is 6.07 Å². The maximum Gasteiger partial charge on any atom is 0.289 e. The largest absolute Gasteiger partial charge is 0.313 e. The van der Waals surface area contributed by atoms with Crippen LogP contribution in [0.3, 0.4) is 0 Å². The first-order valence-corrected chi connectivity index (χ1v) is 7.68. The second-order valence-corrected chi connectivity index (χ2v) is 6.80. The molecule has 0 atom stereocenters. The van der Waals surface area contributed by atoms with E-state index < -0.39 is 26.2 Å². The number of sulfonamides is 1. The SMILES string of the molecule is N#CC1(N)CCN(S(=O)(=O)c2ccccc2[N+](=O)[O-])CC1. The van der Waals surface area contributed by atoms with Crippen LogP contribution >= 0.6 is 0 Å². The van der Waals surface area contributed by atoms with E-state index in [0.29, 0.717) is 0 Å². The summed E-state index contributed by atoms with van der Waals surface area (Å²) in [5, 5.41) is 19.9. The third-order valence-corrected chi connectivity index (χ3v) is 5.46. The second-order valence-electron chi connectivity index (χ2n) is 4.90. The number of benzene rings is 1. The van der Waals surface area contributed by atoms with Crippen molar-refractivity contribution in [2.75, 3.05) is 13.1 Å². The molecule has 0 saturated carbocycles. The van der Waals surface area contributed by atoms with Crippen molar-refractivity contribution in [1.29, 1.82) is 5.26 Å². The number of nitriles is 1. The van der Waals surface area contributed by atoms with Crippen molar-refractivity contribution in [3.63, 3.8) is 0 Å². The molecule has 0 unspecified atom stereocenters. The highest BCUT2D eigenvalue weighted by Crippen LogP contribution is 2.29. The van der Waals surface area contributed by atoms with E-state index >= 15 is 0 Å². The summed E-state index contributed by atoms with van der Waals surface area (Å²) >= 11 is 0. The lowest BCUT2D eigenvalue weighted by Gasteiger charge is -2.33. The van der Waals surface area contributed by atoms with Crippen molar-refractivity contribution >= 4 is 15.7 Å². The zero-order valence-corrected chi connectivity index (χ0v) is 11.9. The normalized spacial score (nSPS) is 18.9. The van der Waals surface area contributed by atoms with Gasteiger partial charge < -0.3 is 5.73 Å². The first-order valence-electron chi connectivity index (χ1n) is 6.24. The van der Waals surface area contributed by atoms with Gasteiger partial charge in [0.05, 0.1) is 11.0 Å². The lowest BCUT2D eigenvalue weighted by Crippen LogP contribution is -2.50. The molecule has 2 rings (SSSR count). The first kappa shape index (κ1) is 15.4. The first-order chi connectivity index (χ1) is 9.80. The average molecular weight is 310 g/mol. The van der Waals surface area contributed by atoms with E-state index in [-0.39, 0.29) is 30.8 Å². The van der Waals surface area contributed by atoms with Gasteiger partial charge in [-0.3, -0.25) is 10.1 Å². The number of nitro benzene ring substituents is 1. The molecule has 21 heavy (non-hydrogen) atoms. The maximum absolute atomic E-state index is 12.5. The standard InChI is InChI=1S/C12H14N4O4S/c13-9-12(14)5-7-15(8-6-12)21(19,20)11-4-2-1-3-10(11)16(17)18/h1-4H,5-8,14H2. The molecule has 0 amide bonds. The Labute approximate surface area is 122 Å². The number of rotatable bonds is 3. The van der Waals surface area contributed by atoms with Crippen LogP contribution in [0.1, 0.15) is 12.8 Å². The summed E-state index contributed by atoms with van der Waals surface area (Å²) in [6.07, 6.45) is 0.396. The quantitative estimate of drug-likeness (QED) is 0.642. The highest BCUT2D eigenvalue weighted by molar-refractivity contribution is 7.89. The van der Waals surface area contributed by atoms with E-state index in [0.717, 1.165) is 10.4 Å². The van der Waals surface area contributed by atoms with Gasteiger partial charge in [-0.15, -0.1) is 0 Å². The number of piperidine rings is 1. The van der Waals surface area contributed by atoms with Crippen LogP contribution in [0, 0.1) is 21.4 Å². The Kier molecular flexibility index (Phi) is 3.95. The Bertz CT molecular complexity index is 702. The second kappa shape index (κ2) is 5.40. The third-order valence-electron chi connectivity index (χ3n) is 3.52. The van der Waals surface area contributed by atoms with Crippen molar-refractivity contribution in [2.45, 2.75) is 23.3 Å². The summed E-state index contributed by atoms with van der Waals surface area (Å²) in [6, 6.07) is 7.18. The summed E-state index contributed by atoms with van der Waals surface area (Å²) in [7, 11) is -3.97. The molecule has 0 spiro atoms. The van der Waals surface area contributed by atoms with Gasteiger partial charge in [0.25, 0.3) is 5.69 Å². The summed E-state index contributed by atoms with van der Waals surface area (Å²) < 4.78 is 26.2. The van der Waals surface area contributed by atoms with Crippen LogP contribution in [0.25, 0.3) is 0 Å². The van der Waals surface area contributed by atoms with Gasteiger partial charge in [0.2, 0.25) is 10.0 Å². The number of hydrogen-bond donors (Lipinski definition) is 1. The molecule has 9 heteroatoms. The van der Waals surface area contributed by atoms with Gasteiger partial charge in [-0.25, -0.2) is 8.42 Å². The molecule has 1 aliphatic heterocycles. The molecule has 1 heterocycles. The van der Waals surface area contributed by atoms with E-state index in [2.05, 4.69) is 0 Å². The molecule has 1 saturated heterocycles. The lowest BCUT2D eigenvalue weighted by molar-refractivity contribution is -0.387. The number of nitro groups is 1. The van der Waals surface area contributed by atoms with Gasteiger partial charge in [-0.2, -0.15) is 9.57 Å². The Morgan fingerprint density at radius 1 is 1.33 bits per heavy atom. The van der Waals surface area contributed by atoms with Crippen molar-refractivity contribution in [2.24, 2.45) is 5.73 Å². The highest BCUT2D eigenvalue weighted by atomic mass is 32.2.